The Hall–Kier alpha value is -3.84. The summed E-state index contributed by atoms with van der Waals surface area (Å²) in [5, 5.41) is 2.89. The molecule has 0 fully saturated rings. The Labute approximate surface area is 177 Å². The first-order chi connectivity index (χ1) is 14.3. The molecular weight excluding hydrogens is 406 g/mol. The number of hydrogen-bond acceptors (Lipinski definition) is 4. The summed E-state index contributed by atoms with van der Waals surface area (Å²) in [4.78, 5) is 35.1. The molecule has 0 saturated heterocycles. The number of anilines is 1. The Bertz CT molecular complexity index is 1080. The van der Waals surface area contributed by atoms with Crippen LogP contribution in [0.4, 0.5) is 5.69 Å². The average molecular weight is 424 g/mol. The third-order valence-corrected chi connectivity index (χ3v) is 4.48. The normalized spacial score (nSPS) is 10.3. The van der Waals surface area contributed by atoms with Gasteiger partial charge in [-0.1, -0.05) is 48.0 Å². The second-order valence-electron chi connectivity index (χ2n) is 6.38. The number of halogens is 1. The van der Waals surface area contributed by atoms with Crippen LogP contribution in [-0.4, -0.2) is 24.3 Å². The number of ether oxygens (including phenoxy) is 1. The summed E-state index contributed by atoms with van der Waals surface area (Å²) >= 11 is 6.27. The molecule has 0 saturated carbocycles. The minimum absolute atomic E-state index is 0.0436. The van der Waals surface area contributed by atoms with E-state index in [2.05, 4.69) is 5.32 Å². The summed E-state index contributed by atoms with van der Waals surface area (Å²) in [6, 6.07) is 18.9. The van der Waals surface area contributed by atoms with E-state index in [4.69, 9.17) is 27.8 Å². The molecule has 3 rings (SSSR count). The van der Waals surface area contributed by atoms with E-state index < -0.39 is 17.7 Å². The van der Waals surface area contributed by atoms with Crippen molar-refractivity contribution in [2.24, 2.45) is 11.5 Å². The van der Waals surface area contributed by atoms with Crippen molar-refractivity contribution in [2.45, 2.75) is 0 Å². The average Bonchev–Trinajstić information content (AvgIpc) is 2.73. The fourth-order valence-corrected chi connectivity index (χ4v) is 2.99. The third-order valence-electron chi connectivity index (χ3n) is 4.18. The van der Waals surface area contributed by atoms with Gasteiger partial charge in [-0.3, -0.25) is 14.4 Å². The first-order valence-electron chi connectivity index (χ1n) is 8.86. The van der Waals surface area contributed by atoms with Crippen LogP contribution in [0.1, 0.15) is 20.7 Å². The van der Waals surface area contributed by atoms with Crippen molar-refractivity contribution in [1.82, 2.24) is 0 Å². The summed E-state index contributed by atoms with van der Waals surface area (Å²) in [7, 11) is 0. The van der Waals surface area contributed by atoms with Crippen molar-refractivity contribution in [1.29, 1.82) is 0 Å². The molecule has 0 aliphatic rings. The van der Waals surface area contributed by atoms with Crippen LogP contribution in [0.3, 0.4) is 0 Å². The lowest BCUT2D eigenvalue weighted by Crippen LogP contribution is -2.22. The fourth-order valence-electron chi connectivity index (χ4n) is 2.75. The molecule has 30 heavy (non-hydrogen) atoms. The summed E-state index contributed by atoms with van der Waals surface area (Å²) in [5.74, 6) is -1.68. The smallest absolute Gasteiger partial charge is 0.262 e. The molecule has 3 aromatic rings. The van der Waals surface area contributed by atoms with Crippen molar-refractivity contribution < 1.29 is 19.1 Å². The molecule has 0 atom stereocenters. The number of rotatable bonds is 7. The molecule has 0 bridgehead atoms. The molecule has 0 unspecified atom stereocenters. The standard InChI is InChI=1S/C22H18ClN3O4/c23-18-11-14(13-4-2-1-3-5-13)6-7-19(18)30-12-20(27)26-17-9-15(21(24)28)8-16(10-17)22(25)29/h1-11H,12H2,(H2,24,28)(H2,25,29)(H,26,27). The monoisotopic (exact) mass is 423 g/mol. The molecule has 0 aromatic heterocycles. The van der Waals surface area contributed by atoms with Gasteiger partial charge < -0.3 is 21.5 Å². The number of carbonyl (C=O) groups excluding carboxylic acids is 3. The molecular formula is C22H18ClN3O4. The summed E-state index contributed by atoms with van der Waals surface area (Å²) in [6.07, 6.45) is 0. The van der Waals surface area contributed by atoms with Gasteiger partial charge >= 0.3 is 0 Å². The van der Waals surface area contributed by atoms with Crippen LogP contribution in [0.2, 0.25) is 5.02 Å². The van der Waals surface area contributed by atoms with E-state index in [9.17, 15) is 14.4 Å². The van der Waals surface area contributed by atoms with E-state index in [0.29, 0.717) is 10.8 Å². The van der Waals surface area contributed by atoms with E-state index >= 15 is 0 Å². The van der Waals surface area contributed by atoms with Crippen LogP contribution in [0.25, 0.3) is 11.1 Å². The lowest BCUT2D eigenvalue weighted by Gasteiger charge is -2.11. The largest absolute Gasteiger partial charge is 0.482 e. The van der Waals surface area contributed by atoms with E-state index in [1.165, 1.54) is 18.2 Å². The van der Waals surface area contributed by atoms with Crippen molar-refractivity contribution in [2.75, 3.05) is 11.9 Å². The minimum Gasteiger partial charge on any atom is -0.482 e. The van der Waals surface area contributed by atoms with E-state index in [-0.39, 0.29) is 23.4 Å². The molecule has 7 nitrogen and oxygen atoms in total. The zero-order valence-electron chi connectivity index (χ0n) is 15.7. The van der Waals surface area contributed by atoms with Crippen LogP contribution >= 0.6 is 11.6 Å². The van der Waals surface area contributed by atoms with Gasteiger partial charge in [0, 0.05) is 16.8 Å². The molecule has 5 N–H and O–H groups in total. The zero-order chi connectivity index (χ0) is 21.7. The van der Waals surface area contributed by atoms with Crippen molar-refractivity contribution in [3.63, 3.8) is 0 Å². The highest BCUT2D eigenvalue weighted by molar-refractivity contribution is 6.32. The minimum atomic E-state index is -0.755. The maximum Gasteiger partial charge on any atom is 0.262 e. The first-order valence-corrected chi connectivity index (χ1v) is 9.23. The van der Waals surface area contributed by atoms with Crippen LogP contribution in [0.5, 0.6) is 5.75 Å². The van der Waals surface area contributed by atoms with Crippen LogP contribution in [-0.2, 0) is 4.79 Å². The highest BCUT2D eigenvalue weighted by Gasteiger charge is 2.12. The Morgan fingerprint density at radius 3 is 2.03 bits per heavy atom. The number of carbonyl (C=O) groups is 3. The quantitative estimate of drug-likeness (QED) is 0.539. The van der Waals surface area contributed by atoms with Gasteiger partial charge in [-0.25, -0.2) is 0 Å². The van der Waals surface area contributed by atoms with Crippen molar-refractivity contribution >= 4 is 35.0 Å². The fraction of sp³-hybridized carbons (Fsp3) is 0.0455. The highest BCUT2D eigenvalue weighted by Crippen LogP contribution is 2.30. The van der Waals surface area contributed by atoms with Crippen LogP contribution in [0.15, 0.2) is 66.7 Å². The maximum absolute atomic E-state index is 12.2. The molecule has 0 spiro atoms. The van der Waals surface area contributed by atoms with Gasteiger partial charge in [0.05, 0.1) is 5.02 Å². The SMILES string of the molecule is NC(=O)c1cc(NC(=O)COc2ccc(-c3ccccc3)cc2Cl)cc(C(N)=O)c1. The van der Waals surface area contributed by atoms with E-state index in [1.807, 2.05) is 36.4 Å². The number of nitrogens with one attached hydrogen (secondary N) is 1. The van der Waals surface area contributed by atoms with Crippen molar-refractivity contribution in [3.05, 3.63) is 82.9 Å². The van der Waals surface area contributed by atoms with E-state index in [1.54, 1.807) is 12.1 Å². The highest BCUT2D eigenvalue weighted by atomic mass is 35.5. The topological polar surface area (TPSA) is 125 Å². The number of hydrogen-bond donors (Lipinski definition) is 3. The summed E-state index contributed by atoms with van der Waals surface area (Å²) in [5.41, 5.74) is 12.7. The lowest BCUT2D eigenvalue weighted by molar-refractivity contribution is -0.118. The molecule has 152 valence electrons. The van der Waals surface area contributed by atoms with Gasteiger partial charge in [0.1, 0.15) is 5.75 Å². The Kier molecular flexibility index (Phi) is 6.34. The van der Waals surface area contributed by atoms with Crippen LogP contribution < -0.4 is 21.5 Å². The van der Waals surface area contributed by atoms with Gasteiger partial charge in [-0.2, -0.15) is 0 Å². The molecule has 8 heteroatoms. The Morgan fingerprint density at radius 2 is 1.47 bits per heavy atom. The molecule has 3 aromatic carbocycles. The number of amides is 3. The van der Waals surface area contributed by atoms with Crippen LogP contribution in [0, 0.1) is 0 Å². The van der Waals surface area contributed by atoms with Gasteiger partial charge in [0.15, 0.2) is 6.61 Å². The van der Waals surface area contributed by atoms with Crippen molar-refractivity contribution in [3.8, 4) is 16.9 Å². The Morgan fingerprint density at radius 1 is 0.833 bits per heavy atom. The second-order valence-corrected chi connectivity index (χ2v) is 6.78. The molecule has 3 amide bonds. The third kappa shape index (κ3) is 5.15. The van der Waals surface area contributed by atoms with Gasteiger partial charge in [-0.05, 0) is 41.5 Å². The number of primary amides is 2. The molecule has 0 heterocycles. The van der Waals surface area contributed by atoms with E-state index in [0.717, 1.165) is 11.1 Å². The zero-order valence-corrected chi connectivity index (χ0v) is 16.5. The van der Waals surface area contributed by atoms with Gasteiger partial charge in [0.25, 0.3) is 5.91 Å². The van der Waals surface area contributed by atoms with Gasteiger partial charge in [0.2, 0.25) is 11.8 Å². The second kappa shape index (κ2) is 9.11. The Balaban J connectivity index is 1.68. The molecule has 0 aliphatic carbocycles. The predicted octanol–water partition coefficient (Wildman–Crippen LogP) is 3.22. The maximum atomic E-state index is 12.2. The number of benzene rings is 3. The summed E-state index contributed by atoms with van der Waals surface area (Å²) in [6.45, 7) is -0.336. The molecule has 0 aliphatic heterocycles. The first kappa shape index (κ1) is 20.9. The summed E-state index contributed by atoms with van der Waals surface area (Å²) < 4.78 is 5.49. The molecule has 0 radical (unpaired) electrons. The van der Waals surface area contributed by atoms with Gasteiger partial charge in [-0.15, -0.1) is 0 Å². The lowest BCUT2D eigenvalue weighted by atomic mass is 10.1. The number of nitrogens with two attached hydrogens (primary N) is 2. The predicted molar refractivity (Wildman–Crippen MR) is 114 cm³/mol.